The summed E-state index contributed by atoms with van der Waals surface area (Å²) in [5.74, 6) is -3.45. The van der Waals surface area contributed by atoms with Crippen molar-refractivity contribution >= 4 is 49.7 Å². The maximum atomic E-state index is 10.1. The number of carboxylic acids is 2. The number of aliphatic hydroxyl groups excluding tert-OH is 10. The van der Waals surface area contributed by atoms with Gasteiger partial charge in [-0.2, -0.15) is 0 Å². The molecular formula is C12H24CaCl2FeO14. The SMILES string of the molecule is O=C(O)C(O)C(O)C(O)C(O)CO.O=C(O)C(O)C(O)C(O)C(O)CO.[Ca+2].[Cl-].[Cl-].[Fe]. The van der Waals surface area contributed by atoms with Crippen molar-refractivity contribution in [2.75, 3.05) is 13.2 Å². The van der Waals surface area contributed by atoms with E-state index in [2.05, 4.69) is 0 Å². The average molecular weight is 559 g/mol. The number of halogens is 2. The van der Waals surface area contributed by atoms with Gasteiger partial charge in [0.15, 0.2) is 12.2 Å². The molecule has 0 aromatic rings. The number of carboxylic acid groups (broad SMARTS) is 2. The zero-order chi connectivity index (χ0) is 21.2. The number of hydrogen-bond acceptors (Lipinski definition) is 12. The minimum absolute atomic E-state index is 0. The summed E-state index contributed by atoms with van der Waals surface area (Å²) in [6.45, 7) is -1.69. The third kappa shape index (κ3) is 16.5. The van der Waals surface area contributed by atoms with Crippen molar-refractivity contribution < 1.29 is 113 Å². The average Bonchev–Trinajstić information content (AvgIpc) is 2.62. The van der Waals surface area contributed by atoms with E-state index in [1.807, 2.05) is 0 Å². The van der Waals surface area contributed by atoms with Gasteiger partial charge in [-0.15, -0.1) is 0 Å². The Morgan fingerprint density at radius 2 is 0.767 bits per heavy atom. The van der Waals surface area contributed by atoms with Crippen molar-refractivity contribution in [3.8, 4) is 0 Å². The van der Waals surface area contributed by atoms with Gasteiger partial charge in [-0.05, 0) is 0 Å². The summed E-state index contributed by atoms with van der Waals surface area (Å²) in [6, 6.07) is 0. The fraction of sp³-hybridized carbons (Fsp3) is 0.833. The first-order valence-corrected chi connectivity index (χ1v) is 6.95. The summed E-state index contributed by atoms with van der Waals surface area (Å²) >= 11 is 0. The summed E-state index contributed by atoms with van der Waals surface area (Å²) in [5.41, 5.74) is 0. The minimum atomic E-state index is -2.20. The van der Waals surface area contributed by atoms with Crippen LogP contribution in [0.4, 0.5) is 0 Å². The molecule has 8 atom stereocenters. The molecule has 18 heteroatoms. The Labute approximate surface area is 223 Å². The van der Waals surface area contributed by atoms with Gasteiger partial charge in [0, 0.05) is 17.1 Å². The fourth-order valence-corrected chi connectivity index (χ4v) is 1.34. The Balaban J connectivity index is -0.0000000847. The summed E-state index contributed by atoms with van der Waals surface area (Å²) < 4.78 is 0. The van der Waals surface area contributed by atoms with Gasteiger partial charge in [-0.3, -0.25) is 0 Å². The molecule has 0 spiro atoms. The number of hydrogen-bond donors (Lipinski definition) is 12. The van der Waals surface area contributed by atoms with Crippen LogP contribution in [0, 0.1) is 0 Å². The second-order valence-electron chi connectivity index (χ2n) is 5.03. The van der Waals surface area contributed by atoms with Crippen LogP contribution in [0.5, 0.6) is 0 Å². The van der Waals surface area contributed by atoms with Crippen molar-refractivity contribution in [3.05, 3.63) is 0 Å². The quantitative estimate of drug-likeness (QED) is 0.111. The Kier molecular flexibility index (Phi) is 34.3. The first-order valence-electron chi connectivity index (χ1n) is 6.95. The zero-order valence-electron chi connectivity index (χ0n) is 15.0. The van der Waals surface area contributed by atoms with Crippen LogP contribution in [-0.4, -0.2) is 173 Å². The molecule has 0 radical (unpaired) electrons. The molecule has 12 N–H and O–H groups in total. The van der Waals surface area contributed by atoms with E-state index in [0.717, 1.165) is 0 Å². The molecule has 0 saturated carbocycles. The number of rotatable bonds is 10. The van der Waals surface area contributed by atoms with Crippen LogP contribution < -0.4 is 24.8 Å². The predicted molar refractivity (Wildman–Crippen MR) is 83.3 cm³/mol. The van der Waals surface area contributed by atoms with E-state index < -0.39 is 74.0 Å². The standard InChI is InChI=1S/2C6H12O7.Ca.2ClH.Fe/c2*7-1-2(8)3(9)4(10)5(11)6(12)13;;;;/h2*2-5,7-11H,1H2,(H,12,13);;2*1H;/q;;+2;;;/p-2. The molecule has 0 saturated heterocycles. The smallest absolute Gasteiger partial charge is 1.00 e. The Hall–Kier alpha value is 0.899. The second kappa shape index (κ2) is 23.1. The topological polar surface area (TPSA) is 277 Å². The van der Waals surface area contributed by atoms with E-state index >= 15 is 0 Å². The van der Waals surface area contributed by atoms with Crippen LogP contribution in [0.2, 0.25) is 0 Å². The fourth-order valence-electron chi connectivity index (χ4n) is 1.34. The van der Waals surface area contributed by atoms with Crippen LogP contribution in [0.3, 0.4) is 0 Å². The summed E-state index contributed by atoms with van der Waals surface area (Å²) in [7, 11) is 0. The van der Waals surface area contributed by atoms with Crippen LogP contribution in [0.25, 0.3) is 0 Å². The molecule has 0 amide bonds. The van der Waals surface area contributed by atoms with E-state index in [4.69, 9.17) is 61.3 Å². The van der Waals surface area contributed by atoms with Gasteiger partial charge in [-0.25, -0.2) is 9.59 Å². The van der Waals surface area contributed by atoms with E-state index in [1.165, 1.54) is 0 Å². The molecule has 14 nitrogen and oxygen atoms in total. The van der Waals surface area contributed by atoms with Gasteiger partial charge in [-0.1, -0.05) is 0 Å². The van der Waals surface area contributed by atoms with E-state index in [0.29, 0.717) is 0 Å². The van der Waals surface area contributed by atoms with Gasteiger partial charge >= 0.3 is 49.7 Å². The second-order valence-corrected chi connectivity index (χ2v) is 5.03. The van der Waals surface area contributed by atoms with Crippen LogP contribution in [-0.2, 0) is 26.7 Å². The monoisotopic (exact) mass is 558 g/mol. The Bertz CT molecular complexity index is 402. The van der Waals surface area contributed by atoms with Gasteiger partial charge in [0.25, 0.3) is 0 Å². The van der Waals surface area contributed by atoms with E-state index in [-0.39, 0.29) is 79.6 Å². The molecule has 0 aromatic heterocycles. The molecule has 0 rings (SSSR count). The number of aliphatic carboxylic acids is 2. The maximum absolute atomic E-state index is 10.1. The predicted octanol–water partition coefficient (Wildman–Crippen LogP) is -13.4. The van der Waals surface area contributed by atoms with Crippen molar-refractivity contribution in [3.63, 3.8) is 0 Å². The van der Waals surface area contributed by atoms with Crippen molar-refractivity contribution in [1.82, 2.24) is 0 Å². The first kappa shape index (κ1) is 44.6. The van der Waals surface area contributed by atoms with Gasteiger partial charge in [0.1, 0.15) is 36.6 Å². The molecule has 0 aliphatic carbocycles. The molecule has 0 bridgehead atoms. The summed E-state index contributed by atoms with van der Waals surface area (Å²) in [6.07, 6.45) is -15.7. The number of carbonyl (C=O) groups is 2. The molecule has 0 heterocycles. The summed E-state index contributed by atoms with van der Waals surface area (Å²) in [4.78, 5) is 20.2. The third-order valence-corrected chi connectivity index (χ3v) is 3.02. The molecule has 0 aliphatic rings. The van der Waals surface area contributed by atoms with Crippen LogP contribution in [0.15, 0.2) is 0 Å². The van der Waals surface area contributed by atoms with Crippen molar-refractivity contribution in [1.29, 1.82) is 0 Å². The zero-order valence-corrected chi connectivity index (χ0v) is 19.9. The summed E-state index contributed by atoms with van der Waals surface area (Å²) in [5, 5.41) is 104. The van der Waals surface area contributed by atoms with E-state index in [1.54, 1.807) is 0 Å². The molecule has 180 valence electrons. The maximum Gasteiger partial charge on any atom is 2.00 e. The first-order chi connectivity index (χ1) is 11.8. The molecular weight excluding hydrogens is 535 g/mol. The van der Waals surface area contributed by atoms with Crippen LogP contribution in [0.1, 0.15) is 0 Å². The van der Waals surface area contributed by atoms with Gasteiger partial charge in [0.05, 0.1) is 13.2 Å². The van der Waals surface area contributed by atoms with Crippen molar-refractivity contribution in [2.45, 2.75) is 48.8 Å². The molecule has 0 aromatic carbocycles. The molecule has 0 fully saturated rings. The Morgan fingerprint density at radius 1 is 0.567 bits per heavy atom. The molecule has 8 unspecified atom stereocenters. The Morgan fingerprint density at radius 3 is 0.900 bits per heavy atom. The largest absolute Gasteiger partial charge is 2.00 e. The molecule has 30 heavy (non-hydrogen) atoms. The third-order valence-electron chi connectivity index (χ3n) is 3.02. The van der Waals surface area contributed by atoms with Crippen LogP contribution >= 0.6 is 0 Å². The van der Waals surface area contributed by atoms with Crippen molar-refractivity contribution in [2.24, 2.45) is 0 Å². The molecule has 0 aliphatic heterocycles. The van der Waals surface area contributed by atoms with Gasteiger partial charge in [0.2, 0.25) is 0 Å². The minimum Gasteiger partial charge on any atom is -1.00 e. The van der Waals surface area contributed by atoms with Gasteiger partial charge < -0.3 is 86.1 Å². The van der Waals surface area contributed by atoms with E-state index in [9.17, 15) is 9.59 Å². The number of aliphatic hydroxyl groups is 10. The normalized spacial score (nSPS) is 17.7.